The van der Waals surface area contributed by atoms with Crippen molar-refractivity contribution in [3.8, 4) is 0 Å². The minimum Gasteiger partial charge on any atom is -0.356 e. The van der Waals surface area contributed by atoms with Crippen molar-refractivity contribution >= 4 is 52.9 Å². The smallest absolute Gasteiger partial charge is 0.191 e. The Kier molecular flexibility index (Phi) is 7.45. The fraction of sp³-hybridized carbons (Fsp3) is 0.412. The van der Waals surface area contributed by atoms with Crippen molar-refractivity contribution in [1.29, 1.82) is 0 Å². The average molecular weight is 495 g/mol. The van der Waals surface area contributed by atoms with Crippen LogP contribution in [0.5, 0.6) is 0 Å². The quantitative estimate of drug-likeness (QED) is 0.373. The fourth-order valence-electron chi connectivity index (χ4n) is 2.74. The van der Waals surface area contributed by atoms with Crippen molar-refractivity contribution in [2.45, 2.75) is 31.7 Å². The number of aromatic nitrogens is 1. The maximum absolute atomic E-state index is 14.0. The van der Waals surface area contributed by atoms with Gasteiger partial charge >= 0.3 is 0 Å². The first-order valence-corrected chi connectivity index (χ1v) is 9.16. The van der Waals surface area contributed by atoms with E-state index in [9.17, 15) is 4.39 Å². The van der Waals surface area contributed by atoms with Crippen LogP contribution in [0.25, 0.3) is 0 Å². The van der Waals surface area contributed by atoms with Gasteiger partial charge in [0.25, 0.3) is 0 Å². The fourth-order valence-corrected chi connectivity index (χ4v) is 3.69. The lowest BCUT2D eigenvalue weighted by Crippen LogP contribution is -2.40. The van der Waals surface area contributed by atoms with Gasteiger partial charge in [0, 0.05) is 47.9 Å². The number of thiazole rings is 1. The van der Waals surface area contributed by atoms with E-state index in [1.807, 2.05) is 6.92 Å². The van der Waals surface area contributed by atoms with Crippen molar-refractivity contribution < 1.29 is 4.39 Å². The van der Waals surface area contributed by atoms with E-state index in [0.29, 0.717) is 10.6 Å². The molecule has 1 aliphatic rings. The Labute approximate surface area is 173 Å². The SMILES string of the molecule is CN=C(NCCc1csc(C)n1)NC1CC1c1c(F)cccc1Cl.I. The molecule has 0 bridgehead atoms. The van der Waals surface area contributed by atoms with Gasteiger partial charge in [-0.25, -0.2) is 9.37 Å². The van der Waals surface area contributed by atoms with Gasteiger partial charge in [-0.05, 0) is 25.5 Å². The Morgan fingerprint density at radius 2 is 2.28 bits per heavy atom. The van der Waals surface area contributed by atoms with Crippen LogP contribution in [0.3, 0.4) is 0 Å². The highest BCUT2D eigenvalue weighted by Crippen LogP contribution is 2.44. The third-order valence-electron chi connectivity index (χ3n) is 4.05. The van der Waals surface area contributed by atoms with Crippen LogP contribution in [0.15, 0.2) is 28.6 Å². The molecule has 2 aromatic rings. The molecule has 2 N–H and O–H groups in total. The Morgan fingerprint density at radius 3 is 2.92 bits per heavy atom. The molecule has 136 valence electrons. The number of guanidine groups is 1. The summed E-state index contributed by atoms with van der Waals surface area (Å²) in [6.07, 6.45) is 1.70. The molecule has 0 aliphatic heterocycles. The molecule has 3 rings (SSSR count). The van der Waals surface area contributed by atoms with Crippen molar-refractivity contribution in [3.05, 3.63) is 50.7 Å². The van der Waals surface area contributed by atoms with Gasteiger partial charge in [-0.3, -0.25) is 4.99 Å². The Balaban J connectivity index is 0.00000225. The van der Waals surface area contributed by atoms with E-state index in [-0.39, 0.29) is 41.8 Å². The molecule has 1 aromatic heterocycles. The first-order chi connectivity index (χ1) is 11.6. The minimum absolute atomic E-state index is 0. The van der Waals surface area contributed by atoms with Gasteiger partial charge in [-0.15, -0.1) is 35.3 Å². The molecule has 4 nitrogen and oxygen atoms in total. The van der Waals surface area contributed by atoms with Crippen LogP contribution in [0.2, 0.25) is 5.02 Å². The lowest BCUT2D eigenvalue weighted by atomic mass is 10.1. The van der Waals surface area contributed by atoms with E-state index >= 15 is 0 Å². The van der Waals surface area contributed by atoms with Crippen LogP contribution >= 0.6 is 46.9 Å². The monoisotopic (exact) mass is 494 g/mol. The van der Waals surface area contributed by atoms with E-state index in [1.54, 1.807) is 30.5 Å². The first-order valence-electron chi connectivity index (χ1n) is 7.90. The third-order valence-corrected chi connectivity index (χ3v) is 5.20. The van der Waals surface area contributed by atoms with Gasteiger partial charge in [-0.2, -0.15) is 0 Å². The predicted molar refractivity (Wildman–Crippen MR) is 113 cm³/mol. The molecular weight excluding hydrogens is 474 g/mol. The van der Waals surface area contributed by atoms with Crippen molar-refractivity contribution in [1.82, 2.24) is 15.6 Å². The van der Waals surface area contributed by atoms with E-state index in [4.69, 9.17) is 11.6 Å². The number of nitrogens with zero attached hydrogens (tertiary/aromatic N) is 2. The topological polar surface area (TPSA) is 49.3 Å². The standard InChI is InChI=1S/C17H20ClFN4S.HI/c1-10-22-11(9-24-10)6-7-21-17(20-2)23-15-8-12(15)16-13(18)4-3-5-14(16)19;/h3-5,9,12,15H,6-8H2,1-2H3,(H2,20,21,23);1H. The zero-order valence-corrected chi connectivity index (χ0v) is 18.0. The second-order valence-electron chi connectivity index (χ2n) is 5.84. The number of halogens is 3. The molecule has 8 heteroatoms. The molecule has 2 unspecified atom stereocenters. The van der Waals surface area contributed by atoms with E-state index in [2.05, 4.69) is 26.0 Å². The number of aliphatic imine (C=N–C) groups is 1. The molecule has 1 aromatic carbocycles. The van der Waals surface area contributed by atoms with Crippen LogP contribution in [0.4, 0.5) is 4.39 Å². The zero-order valence-electron chi connectivity index (χ0n) is 14.1. The van der Waals surface area contributed by atoms with E-state index in [1.165, 1.54) is 6.07 Å². The highest BCUT2D eigenvalue weighted by Gasteiger charge is 2.41. The Hall–Kier alpha value is -0.930. The summed E-state index contributed by atoms with van der Waals surface area (Å²) in [6, 6.07) is 4.98. The van der Waals surface area contributed by atoms with Gasteiger partial charge in [-0.1, -0.05) is 17.7 Å². The number of rotatable bonds is 5. The van der Waals surface area contributed by atoms with Crippen LogP contribution in [0, 0.1) is 12.7 Å². The molecule has 0 amide bonds. The molecule has 1 fully saturated rings. The number of benzene rings is 1. The summed E-state index contributed by atoms with van der Waals surface area (Å²) < 4.78 is 14.0. The Bertz CT molecular complexity index is 732. The third kappa shape index (κ3) is 5.27. The maximum Gasteiger partial charge on any atom is 0.191 e. The number of hydrogen-bond acceptors (Lipinski definition) is 3. The average Bonchev–Trinajstić information content (AvgIpc) is 3.17. The number of nitrogens with one attached hydrogen (secondary N) is 2. The second kappa shape index (κ2) is 9.14. The normalized spacial score (nSPS) is 19.3. The zero-order chi connectivity index (χ0) is 17.1. The van der Waals surface area contributed by atoms with Crippen LogP contribution in [-0.4, -0.2) is 30.6 Å². The molecule has 2 atom stereocenters. The van der Waals surface area contributed by atoms with Gasteiger partial charge in [0.05, 0.1) is 10.7 Å². The van der Waals surface area contributed by atoms with Crippen molar-refractivity contribution in [2.24, 2.45) is 4.99 Å². The second-order valence-corrected chi connectivity index (χ2v) is 7.30. The predicted octanol–water partition coefficient (Wildman–Crippen LogP) is 4.13. The molecule has 0 radical (unpaired) electrons. The number of aryl methyl sites for hydroxylation is 1. The van der Waals surface area contributed by atoms with Crippen molar-refractivity contribution in [3.63, 3.8) is 0 Å². The Morgan fingerprint density at radius 1 is 1.48 bits per heavy atom. The first kappa shape index (κ1) is 20.4. The lowest BCUT2D eigenvalue weighted by molar-refractivity contribution is 0.608. The molecule has 0 spiro atoms. The van der Waals surface area contributed by atoms with Gasteiger partial charge in [0.15, 0.2) is 5.96 Å². The lowest BCUT2D eigenvalue weighted by Gasteiger charge is -2.12. The van der Waals surface area contributed by atoms with Crippen LogP contribution < -0.4 is 10.6 Å². The summed E-state index contributed by atoms with van der Waals surface area (Å²) in [6.45, 7) is 2.75. The molecule has 1 saturated carbocycles. The van der Waals surface area contributed by atoms with Gasteiger partial charge < -0.3 is 10.6 Å². The number of hydrogen-bond donors (Lipinski definition) is 2. The summed E-state index contributed by atoms with van der Waals surface area (Å²) in [5, 5.41) is 10.3. The molecule has 1 aliphatic carbocycles. The summed E-state index contributed by atoms with van der Waals surface area (Å²) in [5.74, 6) is 0.582. The van der Waals surface area contributed by atoms with Crippen molar-refractivity contribution in [2.75, 3.05) is 13.6 Å². The highest BCUT2D eigenvalue weighted by molar-refractivity contribution is 14.0. The van der Waals surface area contributed by atoms with Crippen LogP contribution in [-0.2, 0) is 6.42 Å². The minimum atomic E-state index is -0.237. The highest BCUT2D eigenvalue weighted by atomic mass is 127. The molecule has 0 saturated heterocycles. The maximum atomic E-state index is 14.0. The van der Waals surface area contributed by atoms with Gasteiger partial charge in [0.2, 0.25) is 0 Å². The van der Waals surface area contributed by atoms with Crippen LogP contribution in [0.1, 0.15) is 28.6 Å². The largest absolute Gasteiger partial charge is 0.356 e. The summed E-state index contributed by atoms with van der Waals surface area (Å²) in [7, 11) is 1.73. The summed E-state index contributed by atoms with van der Waals surface area (Å²) >= 11 is 7.79. The summed E-state index contributed by atoms with van der Waals surface area (Å²) in [4.78, 5) is 8.67. The van der Waals surface area contributed by atoms with E-state index < -0.39 is 0 Å². The molecule has 1 heterocycles. The van der Waals surface area contributed by atoms with Gasteiger partial charge in [0.1, 0.15) is 5.82 Å². The van der Waals surface area contributed by atoms with E-state index in [0.717, 1.165) is 36.0 Å². The molecular formula is C17H21ClFIN4S. The molecule has 25 heavy (non-hydrogen) atoms. The summed E-state index contributed by atoms with van der Waals surface area (Å²) in [5.41, 5.74) is 1.69.